The summed E-state index contributed by atoms with van der Waals surface area (Å²) >= 11 is 0. The molecule has 1 aromatic rings. The number of benzene rings is 1. The van der Waals surface area contributed by atoms with Crippen LogP contribution in [0.1, 0.15) is 30.4 Å². The highest BCUT2D eigenvalue weighted by atomic mass is 15.3. The van der Waals surface area contributed by atoms with Gasteiger partial charge in [0.05, 0.1) is 6.54 Å². The summed E-state index contributed by atoms with van der Waals surface area (Å²) in [7, 11) is 0. The Kier molecular flexibility index (Phi) is 4.76. The monoisotopic (exact) mass is 286 g/mol. The number of hydrogen-bond acceptors (Lipinski definition) is 2. The molecule has 2 N–H and O–H groups in total. The van der Waals surface area contributed by atoms with E-state index >= 15 is 0 Å². The van der Waals surface area contributed by atoms with Crippen molar-refractivity contribution in [2.75, 3.05) is 32.7 Å². The van der Waals surface area contributed by atoms with Crippen molar-refractivity contribution in [1.82, 2.24) is 9.80 Å². The lowest BCUT2D eigenvalue weighted by Crippen LogP contribution is -2.41. The van der Waals surface area contributed by atoms with Crippen molar-refractivity contribution in [3.63, 3.8) is 0 Å². The van der Waals surface area contributed by atoms with Crippen molar-refractivity contribution in [3.8, 4) is 0 Å². The number of hydrogen-bond donors (Lipinski definition) is 1. The van der Waals surface area contributed by atoms with E-state index in [1.165, 1.54) is 30.4 Å². The van der Waals surface area contributed by atoms with Gasteiger partial charge in [0.15, 0.2) is 5.96 Å². The lowest BCUT2D eigenvalue weighted by molar-refractivity contribution is 0.261. The van der Waals surface area contributed by atoms with E-state index in [1.54, 1.807) is 0 Å². The van der Waals surface area contributed by atoms with E-state index in [0.717, 1.165) is 51.6 Å². The first-order valence-corrected chi connectivity index (χ1v) is 8.17. The van der Waals surface area contributed by atoms with Crippen molar-refractivity contribution in [2.24, 2.45) is 10.7 Å². The van der Waals surface area contributed by atoms with Crippen molar-refractivity contribution in [1.29, 1.82) is 0 Å². The minimum absolute atomic E-state index is 0.743. The quantitative estimate of drug-likeness (QED) is 0.681. The van der Waals surface area contributed by atoms with Gasteiger partial charge in [0, 0.05) is 32.7 Å². The summed E-state index contributed by atoms with van der Waals surface area (Å²) in [4.78, 5) is 9.29. The zero-order valence-corrected chi connectivity index (χ0v) is 12.8. The fourth-order valence-electron chi connectivity index (χ4n) is 3.27. The van der Waals surface area contributed by atoms with Gasteiger partial charge in [0.2, 0.25) is 0 Å². The van der Waals surface area contributed by atoms with Gasteiger partial charge >= 0.3 is 0 Å². The molecule has 0 bridgehead atoms. The van der Waals surface area contributed by atoms with Crippen LogP contribution < -0.4 is 5.73 Å². The molecular formula is C17H26N4. The number of rotatable bonds is 3. The number of aliphatic imine (C=N–C) groups is 1. The second-order valence-corrected chi connectivity index (χ2v) is 6.08. The molecule has 0 spiro atoms. The van der Waals surface area contributed by atoms with E-state index in [-0.39, 0.29) is 0 Å². The van der Waals surface area contributed by atoms with E-state index in [0.29, 0.717) is 0 Å². The molecule has 1 fully saturated rings. The molecule has 1 saturated heterocycles. The molecule has 3 rings (SSSR count). The fourth-order valence-corrected chi connectivity index (χ4v) is 3.27. The van der Waals surface area contributed by atoms with Gasteiger partial charge < -0.3 is 10.6 Å². The summed E-state index contributed by atoms with van der Waals surface area (Å²) in [6, 6.07) is 8.76. The molecule has 0 atom stereocenters. The van der Waals surface area contributed by atoms with Crippen molar-refractivity contribution in [2.45, 2.75) is 32.2 Å². The van der Waals surface area contributed by atoms with Crippen molar-refractivity contribution < 1.29 is 0 Å². The Morgan fingerprint density at radius 3 is 2.62 bits per heavy atom. The average molecular weight is 286 g/mol. The molecule has 0 aromatic heterocycles. The van der Waals surface area contributed by atoms with Crippen LogP contribution in [0, 0.1) is 0 Å². The second-order valence-electron chi connectivity index (χ2n) is 6.08. The van der Waals surface area contributed by atoms with Crippen LogP contribution in [0.5, 0.6) is 0 Å². The molecule has 2 aliphatic heterocycles. The molecule has 2 heterocycles. The molecule has 114 valence electrons. The van der Waals surface area contributed by atoms with E-state index in [2.05, 4.69) is 39.1 Å². The number of nitrogens with zero attached hydrogens (tertiary/aromatic N) is 3. The van der Waals surface area contributed by atoms with E-state index < -0.39 is 0 Å². The van der Waals surface area contributed by atoms with Crippen LogP contribution in [0.15, 0.2) is 29.3 Å². The number of nitrogens with two attached hydrogens (primary N) is 1. The molecule has 4 heteroatoms. The number of fused-ring (bicyclic) bond motifs is 1. The zero-order valence-electron chi connectivity index (χ0n) is 12.8. The summed E-state index contributed by atoms with van der Waals surface area (Å²) in [6.07, 6.45) is 4.98. The minimum atomic E-state index is 0.743. The molecule has 2 aliphatic rings. The number of guanidine groups is 1. The van der Waals surface area contributed by atoms with Gasteiger partial charge in [-0.05, 0) is 36.8 Å². The Balaban J connectivity index is 1.47. The zero-order chi connectivity index (χ0) is 14.5. The van der Waals surface area contributed by atoms with Gasteiger partial charge in [-0.1, -0.05) is 24.3 Å². The van der Waals surface area contributed by atoms with E-state index in [4.69, 9.17) is 5.73 Å². The molecule has 0 aliphatic carbocycles. The largest absolute Gasteiger partial charge is 0.370 e. The highest BCUT2D eigenvalue weighted by Gasteiger charge is 2.15. The number of likely N-dealkylation sites (tertiary alicyclic amines) is 1. The van der Waals surface area contributed by atoms with Crippen molar-refractivity contribution in [3.05, 3.63) is 35.4 Å². The first kappa shape index (κ1) is 14.4. The summed E-state index contributed by atoms with van der Waals surface area (Å²) in [5.74, 6) is 0.743. The first-order valence-electron chi connectivity index (χ1n) is 8.17. The lowest BCUT2D eigenvalue weighted by Gasteiger charge is -2.29. The smallest absolute Gasteiger partial charge is 0.191 e. The Hall–Kier alpha value is -1.55. The molecule has 21 heavy (non-hydrogen) atoms. The minimum Gasteiger partial charge on any atom is -0.370 e. The SMILES string of the molecule is NC(=NCCN1CCc2ccccc2C1)N1CCCCC1. The van der Waals surface area contributed by atoms with Crippen molar-refractivity contribution >= 4 is 5.96 Å². The maximum Gasteiger partial charge on any atom is 0.191 e. The van der Waals surface area contributed by atoms with E-state index in [9.17, 15) is 0 Å². The third kappa shape index (κ3) is 3.76. The van der Waals surface area contributed by atoms with Gasteiger partial charge in [-0.15, -0.1) is 0 Å². The fraction of sp³-hybridized carbons (Fsp3) is 0.588. The van der Waals surface area contributed by atoms with Gasteiger partial charge in [-0.25, -0.2) is 0 Å². The Morgan fingerprint density at radius 2 is 1.81 bits per heavy atom. The number of piperidine rings is 1. The van der Waals surface area contributed by atoms with Gasteiger partial charge in [0.25, 0.3) is 0 Å². The molecular weight excluding hydrogens is 260 g/mol. The standard InChI is InChI=1S/C17H26N4/c18-17(21-10-4-1-5-11-21)19-9-13-20-12-8-15-6-2-3-7-16(15)14-20/h2-3,6-7H,1,4-5,8-14H2,(H2,18,19). The van der Waals surface area contributed by atoms with Crippen LogP contribution in [0.4, 0.5) is 0 Å². The molecule has 0 radical (unpaired) electrons. The van der Waals surface area contributed by atoms with Crippen LogP contribution in [-0.2, 0) is 13.0 Å². The maximum atomic E-state index is 6.10. The normalized spacial score (nSPS) is 20.4. The Bertz CT molecular complexity index is 491. The molecule has 4 nitrogen and oxygen atoms in total. The van der Waals surface area contributed by atoms with Crippen LogP contribution in [0.3, 0.4) is 0 Å². The van der Waals surface area contributed by atoms with Crippen LogP contribution in [0.25, 0.3) is 0 Å². The lowest BCUT2D eigenvalue weighted by atomic mass is 10.00. The average Bonchev–Trinajstić information content (AvgIpc) is 2.55. The third-order valence-corrected chi connectivity index (χ3v) is 4.58. The van der Waals surface area contributed by atoms with Gasteiger partial charge in [-0.2, -0.15) is 0 Å². The highest BCUT2D eigenvalue weighted by molar-refractivity contribution is 5.78. The van der Waals surface area contributed by atoms with Crippen LogP contribution in [-0.4, -0.2) is 48.5 Å². The second kappa shape index (κ2) is 6.94. The summed E-state index contributed by atoms with van der Waals surface area (Å²) in [5.41, 5.74) is 9.07. The van der Waals surface area contributed by atoms with E-state index in [1.807, 2.05) is 0 Å². The Labute approximate surface area is 127 Å². The Morgan fingerprint density at radius 1 is 1.05 bits per heavy atom. The van der Waals surface area contributed by atoms with Crippen LogP contribution >= 0.6 is 0 Å². The molecule has 0 saturated carbocycles. The van der Waals surface area contributed by atoms with Gasteiger partial charge in [-0.3, -0.25) is 9.89 Å². The summed E-state index contributed by atoms with van der Waals surface area (Å²) in [5, 5.41) is 0. The third-order valence-electron chi connectivity index (χ3n) is 4.58. The molecule has 0 amide bonds. The maximum absolute atomic E-state index is 6.10. The summed E-state index contributed by atoms with van der Waals surface area (Å²) < 4.78 is 0. The molecule has 1 aromatic carbocycles. The topological polar surface area (TPSA) is 44.9 Å². The van der Waals surface area contributed by atoms with Crippen LogP contribution in [0.2, 0.25) is 0 Å². The predicted octanol–water partition coefficient (Wildman–Crippen LogP) is 1.85. The highest BCUT2D eigenvalue weighted by Crippen LogP contribution is 2.17. The first-order chi connectivity index (χ1) is 10.3. The van der Waals surface area contributed by atoms with Gasteiger partial charge in [0.1, 0.15) is 0 Å². The summed E-state index contributed by atoms with van der Waals surface area (Å²) in [6.45, 7) is 6.15. The molecule has 0 unspecified atom stereocenters. The predicted molar refractivity (Wildman–Crippen MR) is 87.3 cm³/mol.